The summed E-state index contributed by atoms with van der Waals surface area (Å²) in [6.45, 7) is 3.27. The van der Waals surface area contributed by atoms with Crippen molar-refractivity contribution in [3.05, 3.63) is 58.6 Å². The first-order chi connectivity index (χ1) is 12.6. The van der Waals surface area contributed by atoms with E-state index in [0.29, 0.717) is 10.8 Å². The van der Waals surface area contributed by atoms with Crippen LogP contribution in [-0.4, -0.2) is 48.2 Å². The number of methoxy groups -OCH3 is 1. The first-order valence-corrected chi connectivity index (χ1v) is 8.67. The molecule has 0 unspecified atom stereocenters. The van der Waals surface area contributed by atoms with Crippen molar-refractivity contribution in [1.29, 1.82) is 0 Å². The van der Waals surface area contributed by atoms with Crippen LogP contribution in [0.15, 0.2) is 48.5 Å². The maximum Gasteiger partial charge on any atom is 0.271 e. The lowest BCUT2D eigenvalue weighted by Crippen LogP contribution is -2.50. The zero-order valence-electron chi connectivity index (χ0n) is 14.4. The van der Waals surface area contributed by atoms with E-state index >= 15 is 0 Å². The molecule has 2 aromatic rings. The zero-order valence-corrected chi connectivity index (χ0v) is 15.2. The van der Waals surface area contributed by atoms with E-state index in [0.717, 1.165) is 37.6 Å². The molecule has 1 N–H and O–H groups in total. The summed E-state index contributed by atoms with van der Waals surface area (Å²) >= 11 is 5.46. The molecule has 0 bridgehead atoms. The number of piperazine rings is 1. The number of nitrogens with zero attached hydrogens (tertiary/aromatic N) is 3. The topological polar surface area (TPSA) is 70.9 Å². The monoisotopic (exact) mass is 372 g/mol. The van der Waals surface area contributed by atoms with Crippen molar-refractivity contribution in [2.45, 2.75) is 0 Å². The molecule has 1 heterocycles. The number of anilines is 2. The van der Waals surface area contributed by atoms with E-state index in [1.165, 1.54) is 12.1 Å². The van der Waals surface area contributed by atoms with Crippen LogP contribution in [0.1, 0.15) is 0 Å². The molecule has 0 aromatic heterocycles. The van der Waals surface area contributed by atoms with E-state index in [2.05, 4.69) is 15.1 Å². The lowest BCUT2D eigenvalue weighted by Gasteiger charge is -2.37. The van der Waals surface area contributed by atoms with E-state index in [1.54, 1.807) is 19.2 Å². The van der Waals surface area contributed by atoms with E-state index in [4.69, 9.17) is 17.0 Å². The predicted molar refractivity (Wildman–Crippen MR) is 106 cm³/mol. The number of nitrogens with one attached hydrogen (secondary N) is 1. The fourth-order valence-corrected chi connectivity index (χ4v) is 3.16. The van der Waals surface area contributed by atoms with Crippen LogP contribution < -0.4 is 15.0 Å². The second kappa shape index (κ2) is 8.01. The van der Waals surface area contributed by atoms with E-state index < -0.39 is 4.92 Å². The highest BCUT2D eigenvalue weighted by Gasteiger charge is 2.19. The van der Waals surface area contributed by atoms with Crippen LogP contribution in [-0.2, 0) is 0 Å². The van der Waals surface area contributed by atoms with Gasteiger partial charge in [0.1, 0.15) is 5.75 Å². The molecule has 7 nitrogen and oxygen atoms in total. The summed E-state index contributed by atoms with van der Waals surface area (Å²) < 4.78 is 5.19. The van der Waals surface area contributed by atoms with Gasteiger partial charge in [0, 0.05) is 49.7 Å². The maximum atomic E-state index is 10.9. The van der Waals surface area contributed by atoms with Gasteiger partial charge in [0.25, 0.3) is 5.69 Å². The minimum Gasteiger partial charge on any atom is -0.497 e. The minimum absolute atomic E-state index is 0.0436. The molecule has 3 rings (SSSR count). The fourth-order valence-electron chi connectivity index (χ4n) is 2.86. The number of thiocarbonyl (C=S) groups is 1. The third-order valence-electron chi connectivity index (χ3n) is 4.31. The lowest BCUT2D eigenvalue weighted by molar-refractivity contribution is -0.384. The van der Waals surface area contributed by atoms with E-state index in [1.807, 2.05) is 24.3 Å². The number of nitro benzene ring substituents is 1. The van der Waals surface area contributed by atoms with Crippen LogP contribution in [0.25, 0.3) is 0 Å². The number of hydrogen-bond donors (Lipinski definition) is 1. The third-order valence-corrected chi connectivity index (χ3v) is 4.67. The molecule has 8 heteroatoms. The second-order valence-electron chi connectivity index (χ2n) is 5.91. The average molecular weight is 372 g/mol. The highest BCUT2D eigenvalue weighted by Crippen LogP contribution is 2.21. The van der Waals surface area contributed by atoms with Crippen molar-refractivity contribution in [1.82, 2.24) is 4.90 Å². The van der Waals surface area contributed by atoms with Crippen LogP contribution in [0.5, 0.6) is 5.75 Å². The van der Waals surface area contributed by atoms with E-state index in [-0.39, 0.29) is 5.69 Å². The van der Waals surface area contributed by atoms with Gasteiger partial charge >= 0.3 is 0 Å². The Morgan fingerprint density at radius 1 is 1.15 bits per heavy atom. The molecule has 1 aliphatic rings. The minimum atomic E-state index is -0.415. The Morgan fingerprint density at radius 2 is 1.85 bits per heavy atom. The Kier molecular flexibility index (Phi) is 5.52. The summed E-state index contributed by atoms with van der Waals surface area (Å²) in [5.41, 5.74) is 1.83. The van der Waals surface area contributed by atoms with Gasteiger partial charge < -0.3 is 19.9 Å². The van der Waals surface area contributed by atoms with Gasteiger partial charge in [-0.3, -0.25) is 10.1 Å². The molecule has 0 saturated carbocycles. The van der Waals surface area contributed by atoms with Crippen LogP contribution in [0, 0.1) is 10.1 Å². The lowest BCUT2D eigenvalue weighted by atomic mass is 10.2. The second-order valence-corrected chi connectivity index (χ2v) is 6.30. The van der Waals surface area contributed by atoms with Gasteiger partial charge in [0.05, 0.1) is 12.0 Å². The molecular formula is C18H20N4O3S. The van der Waals surface area contributed by atoms with Crippen molar-refractivity contribution in [3.63, 3.8) is 0 Å². The SMILES string of the molecule is COc1ccc(N2CCN(C(=S)Nc3cccc([N+](=O)[O-])c3)CC2)cc1. The Labute approximate surface area is 157 Å². The summed E-state index contributed by atoms with van der Waals surface area (Å²) in [4.78, 5) is 14.8. The van der Waals surface area contributed by atoms with Gasteiger partial charge in [-0.1, -0.05) is 6.07 Å². The third kappa shape index (κ3) is 4.20. The molecule has 136 valence electrons. The Balaban J connectivity index is 1.56. The first kappa shape index (κ1) is 17.9. The van der Waals surface area contributed by atoms with Crippen LogP contribution >= 0.6 is 12.2 Å². The smallest absolute Gasteiger partial charge is 0.271 e. The summed E-state index contributed by atoms with van der Waals surface area (Å²) in [5, 5.41) is 14.6. The molecule has 1 saturated heterocycles. The standard InChI is InChI=1S/C18H20N4O3S/c1-25-17-7-5-15(6-8-17)20-9-11-21(12-10-20)18(26)19-14-3-2-4-16(13-14)22(23)24/h2-8,13H,9-12H2,1H3,(H,19,26). The van der Waals surface area contributed by atoms with Crippen molar-refractivity contribution in [2.24, 2.45) is 0 Å². The quantitative estimate of drug-likeness (QED) is 0.502. The van der Waals surface area contributed by atoms with Crippen LogP contribution in [0.2, 0.25) is 0 Å². The van der Waals surface area contributed by atoms with E-state index in [9.17, 15) is 10.1 Å². The van der Waals surface area contributed by atoms with Crippen molar-refractivity contribution in [3.8, 4) is 5.75 Å². The summed E-state index contributed by atoms with van der Waals surface area (Å²) in [5.74, 6) is 0.842. The maximum absolute atomic E-state index is 10.9. The van der Waals surface area contributed by atoms with Crippen molar-refractivity contribution < 1.29 is 9.66 Å². The summed E-state index contributed by atoms with van der Waals surface area (Å²) in [7, 11) is 1.66. The van der Waals surface area contributed by atoms with Gasteiger partial charge in [-0.2, -0.15) is 0 Å². The van der Waals surface area contributed by atoms with Gasteiger partial charge in [-0.05, 0) is 42.5 Å². The summed E-state index contributed by atoms with van der Waals surface area (Å²) in [6, 6.07) is 14.4. The van der Waals surface area contributed by atoms with Gasteiger partial charge in [0.15, 0.2) is 5.11 Å². The largest absolute Gasteiger partial charge is 0.497 e. The Hall–Kier alpha value is -2.87. The highest BCUT2D eigenvalue weighted by molar-refractivity contribution is 7.80. The van der Waals surface area contributed by atoms with Gasteiger partial charge in [-0.15, -0.1) is 0 Å². The fraction of sp³-hybridized carbons (Fsp3) is 0.278. The number of nitro groups is 1. The van der Waals surface area contributed by atoms with Crippen molar-refractivity contribution in [2.75, 3.05) is 43.5 Å². The Morgan fingerprint density at radius 3 is 2.46 bits per heavy atom. The molecule has 2 aromatic carbocycles. The van der Waals surface area contributed by atoms with Crippen LogP contribution in [0.3, 0.4) is 0 Å². The average Bonchev–Trinajstić information content (AvgIpc) is 2.68. The van der Waals surface area contributed by atoms with Gasteiger partial charge in [-0.25, -0.2) is 0 Å². The predicted octanol–water partition coefficient (Wildman–Crippen LogP) is 3.12. The number of rotatable bonds is 4. The van der Waals surface area contributed by atoms with Gasteiger partial charge in [0.2, 0.25) is 0 Å². The molecule has 26 heavy (non-hydrogen) atoms. The highest BCUT2D eigenvalue weighted by atomic mass is 32.1. The first-order valence-electron chi connectivity index (χ1n) is 8.26. The van der Waals surface area contributed by atoms with Crippen LogP contribution in [0.4, 0.5) is 17.1 Å². The summed E-state index contributed by atoms with van der Waals surface area (Å²) in [6.07, 6.45) is 0. The molecule has 1 fully saturated rings. The number of hydrogen-bond acceptors (Lipinski definition) is 5. The molecule has 0 atom stereocenters. The zero-order chi connectivity index (χ0) is 18.5. The molecular weight excluding hydrogens is 352 g/mol. The number of non-ortho nitro benzene ring substituents is 1. The molecule has 0 spiro atoms. The molecule has 0 radical (unpaired) electrons. The number of ether oxygens (including phenoxy) is 1. The molecule has 0 aliphatic carbocycles. The Bertz CT molecular complexity index is 789. The van der Waals surface area contributed by atoms with Crippen molar-refractivity contribution >= 4 is 34.4 Å². The normalized spacial score (nSPS) is 14.0. The number of benzene rings is 2. The molecule has 1 aliphatic heterocycles. The molecule has 0 amide bonds.